The van der Waals surface area contributed by atoms with E-state index in [0.717, 1.165) is 41.4 Å². The number of nitrogens with one attached hydrogen (secondary N) is 1. The molecule has 0 radical (unpaired) electrons. The molecule has 1 N–H and O–H groups in total. The molecule has 1 nitrogen and oxygen atoms in total. The lowest BCUT2D eigenvalue weighted by atomic mass is 9.44. The molecule has 6 rings (SSSR count). The van der Waals surface area contributed by atoms with Crippen LogP contribution in [-0.4, -0.2) is 4.98 Å². The molecule has 1 heteroatoms. The number of aromatic nitrogens is 1. The van der Waals surface area contributed by atoms with E-state index < -0.39 is 0 Å². The zero-order chi connectivity index (χ0) is 23.7. The largest absolute Gasteiger partial charge is 0.358 e. The van der Waals surface area contributed by atoms with E-state index in [1.807, 2.05) is 0 Å². The lowest BCUT2D eigenvalue weighted by Crippen LogP contribution is -2.54. The second-order valence-electron chi connectivity index (χ2n) is 14.2. The van der Waals surface area contributed by atoms with Crippen molar-refractivity contribution in [1.29, 1.82) is 0 Å². The van der Waals surface area contributed by atoms with Crippen LogP contribution in [0.4, 0.5) is 0 Å². The highest BCUT2D eigenvalue weighted by molar-refractivity contribution is 5.85. The van der Waals surface area contributed by atoms with Gasteiger partial charge in [-0.2, -0.15) is 0 Å². The summed E-state index contributed by atoms with van der Waals surface area (Å²) in [6.07, 6.45) is 15.9. The molecular weight excluding hydrogens is 410 g/mol. The number of H-pyrrole nitrogens is 1. The highest BCUT2D eigenvalue weighted by Crippen LogP contribution is 2.68. The Morgan fingerprint density at radius 3 is 2.53 bits per heavy atom. The fraction of sp³-hybridized carbons (Fsp3) is 0.758. The zero-order valence-corrected chi connectivity index (χ0v) is 22.6. The molecular formula is C33H49N. The third-order valence-electron chi connectivity index (χ3n) is 12.2. The lowest BCUT2D eigenvalue weighted by Gasteiger charge is -2.60. The van der Waals surface area contributed by atoms with Gasteiger partial charge in [-0.25, -0.2) is 0 Å². The Morgan fingerprint density at radius 1 is 0.912 bits per heavy atom. The van der Waals surface area contributed by atoms with Gasteiger partial charge in [0.25, 0.3) is 0 Å². The minimum Gasteiger partial charge on any atom is -0.358 e. The first-order chi connectivity index (χ1) is 16.3. The summed E-state index contributed by atoms with van der Waals surface area (Å²) >= 11 is 0. The number of aromatic amines is 1. The molecule has 0 bridgehead atoms. The molecule has 1 aromatic heterocycles. The average Bonchev–Trinajstić information content (AvgIpc) is 3.34. The molecule has 8 atom stereocenters. The Labute approximate surface area is 208 Å². The Kier molecular flexibility index (Phi) is 5.74. The molecule has 186 valence electrons. The van der Waals surface area contributed by atoms with Crippen LogP contribution in [-0.2, 0) is 12.8 Å². The van der Waals surface area contributed by atoms with Crippen LogP contribution < -0.4 is 0 Å². The van der Waals surface area contributed by atoms with Crippen molar-refractivity contribution in [3.05, 3.63) is 35.5 Å². The SMILES string of the molecule is CC(C)CCC[C@H](C)[C@@H]1CC[C@H]2[C@H]3CC[C@H]4Cc5[nH]c6ccccc6c5C[C@]4(C)[C@@H]3CC[C@@]21C. The minimum atomic E-state index is 0.503. The van der Waals surface area contributed by atoms with Gasteiger partial charge in [0.2, 0.25) is 0 Å². The average molecular weight is 460 g/mol. The topological polar surface area (TPSA) is 15.8 Å². The van der Waals surface area contributed by atoms with E-state index in [1.165, 1.54) is 81.5 Å². The van der Waals surface area contributed by atoms with Gasteiger partial charge in [0, 0.05) is 16.6 Å². The van der Waals surface area contributed by atoms with Crippen molar-refractivity contribution in [2.75, 3.05) is 0 Å². The molecule has 0 saturated heterocycles. The number of benzene rings is 1. The normalized spacial score (nSPS) is 40.0. The maximum absolute atomic E-state index is 3.82. The maximum Gasteiger partial charge on any atom is 0.0458 e. The number of fused-ring (bicyclic) bond motifs is 8. The van der Waals surface area contributed by atoms with Crippen LogP contribution in [0.2, 0.25) is 0 Å². The molecule has 0 spiro atoms. The van der Waals surface area contributed by atoms with E-state index in [4.69, 9.17) is 0 Å². The second-order valence-corrected chi connectivity index (χ2v) is 14.2. The van der Waals surface area contributed by atoms with Crippen LogP contribution >= 0.6 is 0 Å². The van der Waals surface area contributed by atoms with Gasteiger partial charge >= 0.3 is 0 Å². The maximum atomic E-state index is 3.82. The number of para-hydroxylation sites is 1. The van der Waals surface area contributed by atoms with E-state index >= 15 is 0 Å². The summed E-state index contributed by atoms with van der Waals surface area (Å²) in [6, 6.07) is 9.09. The van der Waals surface area contributed by atoms with Crippen molar-refractivity contribution in [3.8, 4) is 0 Å². The van der Waals surface area contributed by atoms with Crippen molar-refractivity contribution < 1.29 is 0 Å². The molecule has 3 fully saturated rings. The smallest absolute Gasteiger partial charge is 0.0458 e. The van der Waals surface area contributed by atoms with Gasteiger partial charge in [0.15, 0.2) is 0 Å². The quantitative estimate of drug-likeness (QED) is 0.458. The Hall–Kier alpha value is -1.24. The monoisotopic (exact) mass is 459 g/mol. The second kappa shape index (κ2) is 8.41. The molecule has 3 saturated carbocycles. The van der Waals surface area contributed by atoms with Gasteiger partial charge in [-0.3, -0.25) is 0 Å². The van der Waals surface area contributed by atoms with E-state index in [1.54, 1.807) is 11.3 Å². The first-order valence-corrected chi connectivity index (χ1v) is 14.9. The van der Waals surface area contributed by atoms with Crippen LogP contribution in [0.5, 0.6) is 0 Å². The Morgan fingerprint density at radius 2 is 1.71 bits per heavy atom. The van der Waals surface area contributed by atoms with Crippen LogP contribution in [0.3, 0.4) is 0 Å². The number of hydrogen-bond donors (Lipinski definition) is 1. The van der Waals surface area contributed by atoms with Gasteiger partial charge in [-0.1, -0.05) is 72.1 Å². The third-order valence-corrected chi connectivity index (χ3v) is 12.2. The first-order valence-electron chi connectivity index (χ1n) is 14.9. The highest BCUT2D eigenvalue weighted by atomic mass is 14.8. The third kappa shape index (κ3) is 3.46. The highest BCUT2D eigenvalue weighted by Gasteiger charge is 2.60. The van der Waals surface area contributed by atoms with Crippen molar-refractivity contribution in [2.24, 2.45) is 52.3 Å². The standard InChI is InChI=1S/C33H49N/c1-21(2)9-8-10-22(3)27-15-16-28-25-14-13-23-19-31-26(24-11-6-7-12-30(24)34-31)20-33(23,5)29(25)17-18-32(27,28)4/h6-7,11-12,21-23,25,27-29,34H,8-10,13-20H2,1-5H3/t22-,23-,25+,27-,28-,29+,32+,33-/m0/s1. The van der Waals surface area contributed by atoms with Crippen molar-refractivity contribution in [3.63, 3.8) is 0 Å². The summed E-state index contributed by atoms with van der Waals surface area (Å²) in [6.45, 7) is 12.9. The summed E-state index contributed by atoms with van der Waals surface area (Å²) in [5.74, 6) is 6.56. The Bertz CT molecular complexity index is 1030. The predicted octanol–water partition coefficient (Wildman–Crippen LogP) is 9.20. The van der Waals surface area contributed by atoms with Crippen LogP contribution in [0.1, 0.15) is 104 Å². The number of hydrogen-bond acceptors (Lipinski definition) is 0. The molecule has 4 aliphatic rings. The summed E-state index contributed by atoms with van der Waals surface area (Å²) in [5.41, 5.74) is 5.73. The van der Waals surface area contributed by atoms with Crippen LogP contribution in [0, 0.1) is 52.3 Å². The summed E-state index contributed by atoms with van der Waals surface area (Å²) in [5, 5.41) is 1.51. The lowest BCUT2D eigenvalue weighted by molar-refractivity contribution is -0.103. The molecule has 4 aliphatic carbocycles. The fourth-order valence-corrected chi connectivity index (χ4v) is 10.4. The molecule has 1 heterocycles. The van der Waals surface area contributed by atoms with Crippen molar-refractivity contribution >= 4 is 10.9 Å². The minimum absolute atomic E-state index is 0.503. The van der Waals surface area contributed by atoms with Crippen LogP contribution in [0.15, 0.2) is 24.3 Å². The van der Waals surface area contributed by atoms with Crippen LogP contribution in [0.25, 0.3) is 10.9 Å². The van der Waals surface area contributed by atoms with E-state index in [-0.39, 0.29) is 0 Å². The zero-order valence-electron chi connectivity index (χ0n) is 22.6. The van der Waals surface area contributed by atoms with Gasteiger partial charge in [0.05, 0.1) is 0 Å². The van der Waals surface area contributed by atoms with Gasteiger partial charge in [-0.15, -0.1) is 0 Å². The molecule has 0 amide bonds. The summed E-state index contributed by atoms with van der Waals surface area (Å²) in [4.78, 5) is 3.82. The fourth-order valence-electron chi connectivity index (χ4n) is 10.4. The van der Waals surface area contributed by atoms with E-state index in [0.29, 0.717) is 10.8 Å². The number of rotatable bonds is 5. The van der Waals surface area contributed by atoms with Crippen molar-refractivity contribution in [1.82, 2.24) is 4.98 Å². The molecule has 34 heavy (non-hydrogen) atoms. The van der Waals surface area contributed by atoms with Gasteiger partial charge < -0.3 is 4.98 Å². The van der Waals surface area contributed by atoms with E-state index in [2.05, 4.69) is 63.9 Å². The van der Waals surface area contributed by atoms with Crippen molar-refractivity contribution in [2.45, 2.75) is 105 Å². The molecule has 0 unspecified atom stereocenters. The molecule has 1 aromatic carbocycles. The first kappa shape index (κ1) is 23.2. The van der Waals surface area contributed by atoms with Gasteiger partial charge in [0.1, 0.15) is 0 Å². The summed E-state index contributed by atoms with van der Waals surface area (Å²) in [7, 11) is 0. The van der Waals surface area contributed by atoms with E-state index in [9.17, 15) is 0 Å². The molecule has 2 aromatic rings. The van der Waals surface area contributed by atoms with Gasteiger partial charge in [-0.05, 0) is 115 Å². The Balaban J connectivity index is 1.24. The molecule has 0 aliphatic heterocycles. The summed E-state index contributed by atoms with van der Waals surface area (Å²) < 4.78 is 0. The predicted molar refractivity (Wildman–Crippen MR) is 145 cm³/mol.